The van der Waals surface area contributed by atoms with E-state index in [1.165, 1.54) is 0 Å². The van der Waals surface area contributed by atoms with Crippen LogP contribution in [-0.4, -0.2) is 36.5 Å². The minimum absolute atomic E-state index is 0.00282. The Kier molecular flexibility index (Phi) is 6.21. The first-order valence-electron chi connectivity index (χ1n) is 7.80. The third-order valence-electron chi connectivity index (χ3n) is 3.67. The molecule has 2 rings (SSSR count). The minimum Gasteiger partial charge on any atom is -0.352 e. The molecule has 6 heteroatoms. The van der Waals surface area contributed by atoms with Crippen LogP contribution in [-0.2, 0) is 11.3 Å². The summed E-state index contributed by atoms with van der Waals surface area (Å²) in [4.78, 5) is 25.4. The Balaban J connectivity index is 1.84. The average molecular weight is 304 g/mol. The molecule has 1 aromatic rings. The van der Waals surface area contributed by atoms with Gasteiger partial charge in [0.1, 0.15) is 0 Å². The summed E-state index contributed by atoms with van der Waals surface area (Å²) in [6.07, 6.45) is 3.28. The molecule has 120 valence electrons. The van der Waals surface area contributed by atoms with Crippen molar-refractivity contribution in [1.82, 2.24) is 10.2 Å². The van der Waals surface area contributed by atoms with Crippen molar-refractivity contribution in [1.29, 1.82) is 0 Å². The van der Waals surface area contributed by atoms with Crippen molar-refractivity contribution in [3.05, 3.63) is 29.8 Å². The van der Waals surface area contributed by atoms with Crippen molar-refractivity contribution < 1.29 is 9.59 Å². The van der Waals surface area contributed by atoms with Crippen LogP contribution in [0.3, 0.4) is 0 Å². The lowest BCUT2D eigenvalue weighted by atomic mass is 10.2. The summed E-state index contributed by atoms with van der Waals surface area (Å²) in [5.41, 5.74) is 7.09. The molecule has 0 radical (unpaired) electrons. The first-order chi connectivity index (χ1) is 10.7. The van der Waals surface area contributed by atoms with Crippen molar-refractivity contribution in [2.24, 2.45) is 5.73 Å². The molecule has 3 amide bonds. The van der Waals surface area contributed by atoms with Gasteiger partial charge in [0.15, 0.2) is 0 Å². The van der Waals surface area contributed by atoms with Gasteiger partial charge in [-0.3, -0.25) is 4.79 Å². The number of nitrogens with one attached hydrogen (secondary N) is 2. The zero-order valence-electron chi connectivity index (χ0n) is 12.8. The van der Waals surface area contributed by atoms with Crippen LogP contribution in [0.1, 0.15) is 31.2 Å². The Morgan fingerprint density at radius 3 is 2.73 bits per heavy atom. The molecule has 0 bridgehead atoms. The third kappa shape index (κ3) is 5.04. The molecule has 0 saturated carbocycles. The number of likely N-dealkylation sites (tertiary alicyclic amines) is 1. The van der Waals surface area contributed by atoms with Crippen molar-refractivity contribution in [3.63, 3.8) is 0 Å². The normalized spacial score (nSPS) is 14.0. The highest BCUT2D eigenvalue weighted by atomic mass is 16.2. The van der Waals surface area contributed by atoms with Crippen LogP contribution in [0.25, 0.3) is 0 Å². The lowest BCUT2D eigenvalue weighted by Gasteiger charge is -2.16. The maximum absolute atomic E-state index is 12.0. The number of hydrogen-bond donors (Lipinski definition) is 3. The summed E-state index contributed by atoms with van der Waals surface area (Å²) in [6.45, 7) is 2.62. The number of carbonyl (C=O) groups is 2. The van der Waals surface area contributed by atoms with Crippen molar-refractivity contribution >= 4 is 17.6 Å². The Labute approximate surface area is 131 Å². The molecule has 6 nitrogen and oxygen atoms in total. The fourth-order valence-electron chi connectivity index (χ4n) is 2.43. The molecule has 1 saturated heterocycles. The molecule has 0 aliphatic carbocycles. The van der Waals surface area contributed by atoms with Crippen molar-refractivity contribution in [2.75, 3.05) is 25.0 Å². The summed E-state index contributed by atoms with van der Waals surface area (Å²) in [5, 5.41) is 5.76. The number of urea groups is 1. The second kappa shape index (κ2) is 8.38. The molecule has 0 atom stereocenters. The predicted molar refractivity (Wildman–Crippen MR) is 86.4 cm³/mol. The van der Waals surface area contributed by atoms with E-state index in [2.05, 4.69) is 10.6 Å². The van der Waals surface area contributed by atoms with Gasteiger partial charge in [-0.15, -0.1) is 0 Å². The maximum atomic E-state index is 12.0. The molecule has 22 heavy (non-hydrogen) atoms. The lowest BCUT2D eigenvalue weighted by Crippen LogP contribution is -2.32. The van der Waals surface area contributed by atoms with Gasteiger partial charge < -0.3 is 21.3 Å². The Morgan fingerprint density at radius 1 is 1.23 bits per heavy atom. The third-order valence-corrected chi connectivity index (χ3v) is 3.67. The molecule has 0 spiro atoms. The Hall–Kier alpha value is -2.08. The standard InChI is InChI=1S/C16H24N4O2/c17-8-4-7-15(21)18-12-13-5-3-6-14(11-13)19-16(22)20-9-1-2-10-20/h3,5-6,11H,1-2,4,7-10,12,17H2,(H,18,21)(H,19,22). The van der Waals surface area contributed by atoms with Gasteiger partial charge in [-0.1, -0.05) is 12.1 Å². The van der Waals surface area contributed by atoms with E-state index in [1.54, 1.807) is 0 Å². The highest BCUT2D eigenvalue weighted by Crippen LogP contribution is 2.14. The number of hydrogen-bond acceptors (Lipinski definition) is 3. The highest BCUT2D eigenvalue weighted by molar-refractivity contribution is 5.89. The number of amides is 3. The van der Waals surface area contributed by atoms with Crippen LogP contribution >= 0.6 is 0 Å². The zero-order chi connectivity index (χ0) is 15.8. The molecule has 4 N–H and O–H groups in total. The smallest absolute Gasteiger partial charge is 0.321 e. The number of rotatable bonds is 6. The minimum atomic E-state index is -0.0540. The van der Waals surface area contributed by atoms with E-state index in [4.69, 9.17) is 5.73 Å². The number of carbonyl (C=O) groups excluding carboxylic acids is 2. The van der Waals surface area contributed by atoms with Crippen LogP contribution < -0.4 is 16.4 Å². The van der Waals surface area contributed by atoms with Gasteiger partial charge in [0.05, 0.1) is 0 Å². The predicted octanol–water partition coefficient (Wildman–Crippen LogP) is 1.67. The quantitative estimate of drug-likeness (QED) is 0.747. The number of nitrogens with zero attached hydrogens (tertiary/aromatic N) is 1. The fourth-order valence-corrected chi connectivity index (χ4v) is 2.43. The largest absolute Gasteiger partial charge is 0.352 e. The molecule has 0 unspecified atom stereocenters. The van der Waals surface area contributed by atoms with E-state index in [-0.39, 0.29) is 11.9 Å². The average Bonchev–Trinajstić information content (AvgIpc) is 3.06. The molecule has 1 fully saturated rings. The van der Waals surface area contributed by atoms with Gasteiger partial charge in [0.2, 0.25) is 5.91 Å². The Morgan fingerprint density at radius 2 is 2.00 bits per heavy atom. The second-order valence-corrected chi connectivity index (χ2v) is 5.49. The van der Waals surface area contributed by atoms with Crippen LogP contribution in [0.2, 0.25) is 0 Å². The van der Waals surface area contributed by atoms with Gasteiger partial charge in [0, 0.05) is 31.7 Å². The van der Waals surface area contributed by atoms with E-state index in [0.717, 1.165) is 37.2 Å². The maximum Gasteiger partial charge on any atom is 0.321 e. The van der Waals surface area contributed by atoms with E-state index in [0.29, 0.717) is 25.9 Å². The van der Waals surface area contributed by atoms with E-state index in [9.17, 15) is 9.59 Å². The number of nitrogens with two attached hydrogens (primary N) is 1. The topological polar surface area (TPSA) is 87.5 Å². The second-order valence-electron chi connectivity index (χ2n) is 5.49. The molecule has 0 aromatic heterocycles. The van der Waals surface area contributed by atoms with Gasteiger partial charge in [-0.05, 0) is 43.5 Å². The summed E-state index contributed by atoms with van der Waals surface area (Å²) >= 11 is 0. The van der Waals surface area contributed by atoms with E-state index in [1.807, 2.05) is 29.2 Å². The first kappa shape index (κ1) is 16.3. The summed E-state index contributed by atoms with van der Waals surface area (Å²) in [7, 11) is 0. The first-order valence-corrected chi connectivity index (χ1v) is 7.80. The molecular formula is C16H24N4O2. The SMILES string of the molecule is NCCCC(=O)NCc1cccc(NC(=O)N2CCCC2)c1. The van der Waals surface area contributed by atoms with Crippen LogP contribution in [0.4, 0.5) is 10.5 Å². The van der Waals surface area contributed by atoms with Crippen LogP contribution in [0.15, 0.2) is 24.3 Å². The van der Waals surface area contributed by atoms with E-state index < -0.39 is 0 Å². The van der Waals surface area contributed by atoms with E-state index >= 15 is 0 Å². The van der Waals surface area contributed by atoms with Crippen LogP contribution in [0.5, 0.6) is 0 Å². The Bertz CT molecular complexity index is 513. The van der Waals surface area contributed by atoms with Crippen molar-refractivity contribution in [2.45, 2.75) is 32.2 Å². The summed E-state index contributed by atoms with van der Waals surface area (Å²) in [5.74, 6) is -0.00282. The van der Waals surface area contributed by atoms with Gasteiger partial charge in [0.25, 0.3) is 0 Å². The van der Waals surface area contributed by atoms with Gasteiger partial charge in [-0.25, -0.2) is 4.79 Å². The van der Waals surface area contributed by atoms with Crippen LogP contribution in [0, 0.1) is 0 Å². The van der Waals surface area contributed by atoms with Crippen molar-refractivity contribution in [3.8, 4) is 0 Å². The lowest BCUT2D eigenvalue weighted by molar-refractivity contribution is -0.121. The summed E-state index contributed by atoms with van der Waals surface area (Å²) in [6, 6.07) is 7.49. The molecule has 1 aromatic carbocycles. The molecule has 1 aliphatic heterocycles. The van der Waals surface area contributed by atoms with Gasteiger partial charge in [-0.2, -0.15) is 0 Å². The molecular weight excluding hydrogens is 280 g/mol. The molecule has 1 heterocycles. The summed E-state index contributed by atoms with van der Waals surface area (Å²) < 4.78 is 0. The zero-order valence-corrected chi connectivity index (χ0v) is 12.8. The monoisotopic (exact) mass is 304 g/mol. The highest BCUT2D eigenvalue weighted by Gasteiger charge is 2.17. The molecule has 1 aliphatic rings. The number of benzene rings is 1. The number of anilines is 1. The van der Waals surface area contributed by atoms with Gasteiger partial charge >= 0.3 is 6.03 Å². The fraction of sp³-hybridized carbons (Fsp3) is 0.500.